The third-order valence-electron chi connectivity index (χ3n) is 4.61. The molecule has 0 bridgehead atoms. The Kier molecular flexibility index (Phi) is 7.52. The third kappa shape index (κ3) is 6.36. The molecular formula is C19H34O4. The van der Waals surface area contributed by atoms with E-state index in [0.717, 1.165) is 12.8 Å². The molecule has 0 rings (SSSR count). The van der Waals surface area contributed by atoms with Gasteiger partial charge in [0.25, 0.3) is 0 Å². The van der Waals surface area contributed by atoms with E-state index in [1.165, 1.54) is 0 Å². The zero-order valence-corrected chi connectivity index (χ0v) is 16.2. The van der Waals surface area contributed by atoms with E-state index in [-0.39, 0.29) is 30.0 Å². The second-order valence-electron chi connectivity index (χ2n) is 8.36. The maximum Gasteiger partial charge on any atom is 0.333 e. The Morgan fingerprint density at radius 1 is 0.957 bits per heavy atom. The van der Waals surface area contributed by atoms with Crippen LogP contribution in [0, 0.1) is 16.2 Å². The average Bonchev–Trinajstić information content (AvgIpc) is 2.40. The zero-order valence-electron chi connectivity index (χ0n) is 16.2. The third-order valence-corrected chi connectivity index (χ3v) is 4.61. The Labute approximate surface area is 141 Å². The first kappa shape index (κ1) is 21.7. The van der Waals surface area contributed by atoms with Gasteiger partial charge in [-0.1, -0.05) is 48.1 Å². The molecule has 0 amide bonds. The predicted octanol–water partition coefficient (Wildman–Crippen LogP) is 4.53. The molecule has 4 nitrogen and oxygen atoms in total. The maximum atomic E-state index is 12.7. The van der Waals surface area contributed by atoms with Crippen molar-refractivity contribution >= 4 is 11.9 Å². The second-order valence-corrected chi connectivity index (χ2v) is 8.36. The van der Waals surface area contributed by atoms with Gasteiger partial charge in [-0.05, 0) is 37.5 Å². The number of hydrogen-bond acceptors (Lipinski definition) is 4. The zero-order chi connectivity index (χ0) is 18.5. The van der Waals surface area contributed by atoms with Crippen molar-refractivity contribution in [1.82, 2.24) is 0 Å². The van der Waals surface area contributed by atoms with Crippen LogP contribution in [0.1, 0.15) is 68.2 Å². The van der Waals surface area contributed by atoms with Crippen LogP contribution < -0.4 is 0 Å². The topological polar surface area (TPSA) is 52.6 Å². The standard InChI is InChI=1S/C19H34O4/c1-10-18(7,8)19(9,13-17(4,5)6)16(21)23-12-11-22-15(20)14(2)3/h2,10-13H2,1,3-9H3. The Morgan fingerprint density at radius 2 is 1.43 bits per heavy atom. The molecule has 0 saturated heterocycles. The van der Waals surface area contributed by atoms with Gasteiger partial charge in [0.15, 0.2) is 0 Å². The van der Waals surface area contributed by atoms with Crippen molar-refractivity contribution < 1.29 is 19.1 Å². The van der Waals surface area contributed by atoms with Crippen LogP contribution in [0.25, 0.3) is 0 Å². The second kappa shape index (κ2) is 7.98. The van der Waals surface area contributed by atoms with Gasteiger partial charge in [-0.3, -0.25) is 4.79 Å². The molecular weight excluding hydrogens is 292 g/mol. The monoisotopic (exact) mass is 326 g/mol. The van der Waals surface area contributed by atoms with Crippen LogP contribution >= 0.6 is 0 Å². The Hall–Kier alpha value is -1.32. The van der Waals surface area contributed by atoms with Crippen molar-refractivity contribution in [1.29, 1.82) is 0 Å². The number of hydrogen-bond donors (Lipinski definition) is 0. The van der Waals surface area contributed by atoms with Crippen LogP contribution in [-0.4, -0.2) is 25.2 Å². The molecule has 4 heteroatoms. The summed E-state index contributed by atoms with van der Waals surface area (Å²) in [6, 6.07) is 0. The highest BCUT2D eigenvalue weighted by Crippen LogP contribution is 2.49. The van der Waals surface area contributed by atoms with Crippen molar-refractivity contribution in [3.8, 4) is 0 Å². The lowest BCUT2D eigenvalue weighted by Gasteiger charge is -2.45. The molecule has 0 radical (unpaired) electrons. The van der Waals surface area contributed by atoms with Crippen LogP contribution in [0.5, 0.6) is 0 Å². The Morgan fingerprint density at radius 3 is 1.83 bits per heavy atom. The quantitative estimate of drug-likeness (QED) is 0.374. The van der Waals surface area contributed by atoms with Gasteiger partial charge in [0.1, 0.15) is 13.2 Å². The molecule has 1 unspecified atom stereocenters. The summed E-state index contributed by atoms with van der Waals surface area (Å²) in [5, 5.41) is 0. The fourth-order valence-corrected chi connectivity index (χ4v) is 2.59. The lowest BCUT2D eigenvalue weighted by molar-refractivity contribution is -0.168. The van der Waals surface area contributed by atoms with Gasteiger partial charge < -0.3 is 9.47 Å². The molecule has 0 aliphatic heterocycles. The molecule has 23 heavy (non-hydrogen) atoms. The molecule has 0 saturated carbocycles. The van der Waals surface area contributed by atoms with Crippen molar-refractivity contribution in [2.24, 2.45) is 16.2 Å². The molecule has 0 aromatic carbocycles. The minimum atomic E-state index is -0.599. The first-order valence-corrected chi connectivity index (χ1v) is 8.27. The molecule has 0 aromatic heterocycles. The van der Waals surface area contributed by atoms with Crippen LogP contribution in [-0.2, 0) is 19.1 Å². The Bertz CT molecular complexity index is 443. The van der Waals surface area contributed by atoms with Gasteiger partial charge in [-0.25, -0.2) is 4.79 Å². The highest BCUT2D eigenvalue weighted by molar-refractivity contribution is 5.86. The number of rotatable bonds is 8. The van der Waals surface area contributed by atoms with E-state index < -0.39 is 11.4 Å². The van der Waals surface area contributed by atoms with E-state index in [1.807, 2.05) is 6.92 Å². The smallest absolute Gasteiger partial charge is 0.333 e. The van der Waals surface area contributed by atoms with Crippen molar-refractivity contribution in [3.63, 3.8) is 0 Å². The number of ether oxygens (including phenoxy) is 2. The molecule has 0 heterocycles. The molecule has 0 N–H and O–H groups in total. The molecule has 134 valence electrons. The summed E-state index contributed by atoms with van der Waals surface area (Å²) in [7, 11) is 0. The Balaban J connectivity index is 4.90. The van der Waals surface area contributed by atoms with Gasteiger partial charge in [0, 0.05) is 5.57 Å². The largest absolute Gasteiger partial charge is 0.462 e. The van der Waals surface area contributed by atoms with Gasteiger partial charge in [-0.2, -0.15) is 0 Å². The normalized spacial score (nSPS) is 14.8. The highest BCUT2D eigenvalue weighted by atomic mass is 16.6. The first-order valence-electron chi connectivity index (χ1n) is 8.27. The first-order chi connectivity index (χ1) is 10.3. The summed E-state index contributed by atoms with van der Waals surface area (Å²) < 4.78 is 10.4. The lowest BCUT2D eigenvalue weighted by atomic mass is 9.59. The van der Waals surface area contributed by atoms with Gasteiger partial charge in [-0.15, -0.1) is 0 Å². The number of carbonyl (C=O) groups excluding carboxylic acids is 2. The summed E-state index contributed by atoms with van der Waals surface area (Å²) >= 11 is 0. The van der Waals surface area contributed by atoms with Gasteiger partial charge >= 0.3 is 11.9 Å². The van der Waals surface area contributed by atoms with E-state index in [2.05, 4.69) is 48.1 Å². The predicted molar refractivity (Wildman–Crippen MR) is 93.0 cm³/mol. The summed E-state index contributed by atoms with van der Waals surface area (Å²) in [5.41, 5.74) is -0.447. The van der Waals surface area contributed by atoms with Crippen LogP contribution in [0.2, 0.25) is 0 Å². The minimum absolute atomic E-state index is 0.00658. The summed E-state index contributed by atoms with van der Waals surface area (Å²) in [6.45, 7) is 19.8. The van der Waals surface area contributed by atoms with E-state index >= 15 is 0 Å². The molecule has 0 aliphatic carbocycles. The highest BCUT2D eigenvalue weighted by Gasteiger charge is 2.49. The fourth-order valence-electron chi connectivity index (χ4n) is 2.59. The molecule has 0 spiro atoms. The van der Waals surface area contributed by atoms with Crippen LogP contribution in [0.15, 0.2) is 12.2 Å². The van der Waals surface area contributed by atoms with E-state index in [1.54, 1.807) is 6.92 Å². The summed E-state index contributed by atoms with van der Waals surface area (Å²) in [6.07, 6.45) is 1.60. The molecule has 0 aliphatic rings. The average molecular weight is 326 g/mol. The van der Waals surface area contributed by atoms with Crippen molar-refractivity contribution in [2.75, 3.05) is 13.2 Å². The van der Waals surface area contributed by atoms with E-state index in [9.17, 15) is 9.59 Å². The molecule has 0 aromatic rings. The number of esters is 2. The summed E-state index contributed by atoms with van der Waals surface area (Å²) in [5.74, 6) is -0.696. The van der Waals surface area contributed by atoms with E-state index in [0.29, 0.717) is 5.57 Å². The van der Waals surface area contributed by atoms with E-state index in [4.69, 9.17) is 9.47 Å². The molecule has 0 fully saturated rings. The van der Waals surface area contributed by atoms with Crippen LogP contribution in [0.3, 0.4) is 0 Å². The van der Waals surface area contributed by atoms with Crippen LogP contribution in [0.4, 0.5) is 0 Å². The van der Waals surface area contributed by atoms with Crippen molar-refractivity contribution in [3.05, 3.63) is 12.2 Å². The van der Waals surface area contributed by atoms with Gasteiger partial charge in [0.2, 0.25) is 0 Å². The molecule has 1 atom stereocenters. The SMILES string of the molecule is C=C(C)C(=O)OCCOC(=O)C(C)(CC(C)(C)C)C(C)(C)CC. The fraction of sp³-hybridized carbons (Fsp3) is 0.789. The van der Waals surface area contributed by atoms with Gasteiger partial charge in [0.05, 0.1) is 5.41 Å². The number of carbonyl (C=O) groups is 2. The minimum Gasteiger partial charge on any atom is -0.462 e. The van der Waals surface area contributed by atoms with Crippen molar-refractivity contribution in [2.45, 2.75) is 68.2 Å². The lowest BCUT2D eigenvalue weighted by Crippen LogP contribution is -2.45. The maximum absolute atomic E-state index is 12.7. The summed E-state index contributed by atoms with van der Waals surface area (Å²) in [4.78, 5) is 24.1.